The van der Waals surface area contributed by atoms with Crippen molar-refractivity contribution < 1.29 is 14.0 Å². The number of rotatable bonds is 3. The van der Waals surface area contributed by atoms with E-state index in [1.165, 1.54) is 13.0 Å². The molecular formula is C17H18N2O3. The molecule has 0 radical (unpaired) electrons. The molecule has 2 aliphatic heterocycles. The van der Waals surface area contributed by atoms with Crippen molar-refractivity contribution in [3.63, 3.8) is 0 Å². The van der Waals surface area contributed by atoms with Crippen molar-refractivity contribution in [1.82, 2.24) is 10.2 Å². The standard InChI is InChI=1S/C17H18N2O3/c20-10-15-6-12-1-2-13(7-16(12)22-15)17(21)18-14-5-11-3-4-19(8-11)9-14/h1-2,6-7,10-11,14H,3-5,8-9H2,(H,18,21)/t11-,14+/m0/s1. The van der Waals surface area contributed by atoms with Gasteiger partial charge in [0.1, 0.15) is 5.58 Å². The zero-order valence-corrected chi connectivity index (χ0v) is 12.2. The third kappa shape index (κ3) is 2.41. The molecule has 3 atom stereocenters. The van der Waals surface area contributed by atoms with Crippen molar-refractivity contribution in [2.24, 2.45) is 5.92 Å². The lowest BCUT2D eigenvalue weighted by atomic mass is 9.96. The lowest BCUT2D eigenvalue weighted by Crippen LogP contribution is -2.47. The van der Waals surface area contributed by atoms with Gasteiger partial charge >= 0.3 is 0 Å². The van der Waals surface area contributed by atoms with Gasteiger partial charge in [0.05, 0.1) is 0 Å². The van der Waals surface area contributed by atoms with Crippen LogP contribution in [0, 0.1) is 5.92 Å². The number of amides is 1. The SMILES string of the molecule is O=Cc1cc2ccc(C(=O)N[C@@H]3C[C@@H]4CCN(C4)C3)cc2o1. The maximum atomic E-state index is 12.4. The van der Waals surface area contributed by atoms with Gasteiger partial charge in [-0.2, -0.15) is 0 Å². The Balaban J connectivity index is 1.51. The first-order chi connectivity index (χ1) is 10.7. The Labute approximate surface area is 128 Å². The molecule has 1 unspecified atom stereocenters. The minimum Gasteiger partial charge on any atom is -0.453 e. The van der Waals surface area contributed by atoms with Crippen molar-refractivity contribution in [2.75, 3.05) is 19.6 Å². The highest BCUT2D eigenvalue weighted by Crippen LogP contribution is 2.27. The molecule has 0 spiro atoms. The lowest BCUT2D eigenvalue weighted by Gasteiger charge is -2.30. The van der Waals surface area contributed by atoms with E-state index < -0.39 is 0 Å². The number of fused-ring (bicyclic) bond motifs is 3. The van der Waals surface area contributed by atoms with E-state index in [-0.39, 0.29) is 17.7 Å². The number of hydrogen-bond acceptors (Lipinski definition) is 4. The van der Waals surface area contributed by atoms with E-state index in [4.69, 9.17) is 4.42 Å². The van der Waals surface area contributed by atoms with Gasteiger partial charge in [-0.25, -0.2) is 0 Å². The molecule has 2 fully saturated rings. The highest BCUT2D eigenvalue weighted by Gasteiger charge is 2.32. The third-order valence-corrected chi connectivity index (χ3v) is 4.72. The summed E-state index contributed by atoms with van der Waals surface area (Å²) in [5.41, 5.74) is 1.15. The number of furan rings is 1. The van der Waals surface area contributed by atoms with E-state index >= 15 is 0 Å². The second kappa shape index (κ2) is 5.25. The maximum Gasteiger partial charge on any atom is 0.251 e. The largest absolute Gasteiger partial charge is 0.453 e. The van der Waals surface area contributed by atoms with Crippen LogP contribution in [-0.4, -0.2) is 42.8 Å². The molecule has 5 heteroatoms. The number of piperidine rings is 1. The van der Waals surface area contributed by atoms with Gasteiger partial charge in [-0.15, -0.1) is 0 Å². The molecule has 2 aromatic rings. The summed E-state index contributed by atoms with van der Waals surface area (Å²) in [6, 6.07) is 7.20. The Bertz CT molecular complexity index is 725. The van der Waals surface area contributed by atoms with Crippen LogP contribution in [0.25, 0.3) is 11.0 Å². The number of nitrogens with zero attached hydrogens (tertiary/aromatic N) is 1. The number of aldehydes is 1. The molecule has 3 heterocycles. The Hall–Kier alpha value is -2.14. The van der Waals surface area contributed by atoms with Crippen LogP contribution in [0.1, 0.15) is 33.8 Å². The van der Waals surface area contributed by atoms with Crippen LogP contribution >= 0.6 is 0 Å². The fourth-order valence-electron chi connectivity index (χ4n) is 3.68. The summed E-state index contributed by atoms with van der Waals surface area (Å²) in [7, 11) is 0. The number of benzene rings is 1. The van der Waals surface area contributed by atoms with Crippen molar-refractivity contribution in [3.05, 3.63) is 35.6 Å². The predicted octanol–water partition coefficient (Wildman–Crippen LogP) is 2.07. The van der Waals surface area contributed by atoms with Crippen LogP contribution in [0.3, 0.4) is 0 Å². The van der Waals surface area contributed by atoms with Gasteiger partial charge in [-0.1, -0.05) is 6.07 Å². The molecule has 5 nitrogen and oxygen atoms in total. The number of carbonyl (C=O) groups is 2. The monoisotopic (exact) mass is 298 g/mol. The van der Waals surface area contributed by atoms with Crippen LogP contribution in [0.4, 0.5) is 0 Å². The molecule has 2 bridgehead atoms. The van der Waals surface area contributed by atoms with E-state index in [1.807, 2.05) is 6.07 Å². The molecule has 22 heavy (non-hydrogen) atoms. The van der Waals surface area contributed by atoms with Crippen molar-refractivity contribution in [3.8, 4) is 0 Å². The van der Waals surface area contributed by atoms with Crippen LogP contribution in [0.5, 0.6) is 0 Å². The first-order valence-electron chi connectivity index (χ1n) is 7.73. The minimum absolute atomic E-state index is 0.0709. The molecular weight excluding hydrogens is 280 g/mol. The van der Waals surface area contributed by atoms with Crippen LogP contribution in [0.2, 0.25) is 0 Å². The van der Waals surface area contributed by atoms with Crippen molar-refractivity contribution in [2.45, 2.75) is 18.9 Å². The maximum absolute atomic E-state index is 12.4. The smallest absolute Gasteiger partial charge is 0.251 e. The Morgan fingerprint density at radius 2 is 2.23 bits per heavy atom. The number of nitrogens with one attached hydrogen (secondary N) is 1. The Morgan fingerprint density at radius 1 is 1.32 bits per heavy atom. The van der Waals surface area contributed by atoms with E-state index in [2.05, 4.69) is 10.2 Å². The van der Waals surface area contributed by atoms with Gasteiger partial charge in [0.15, 0.2) is 12.0 Å². The van der Waals surface area contributed by atoms with Gasteiger partial charge in [-0.05, 0) is 43.5 Å². The van der Waals surface area contributed by atoms with Gasteiger partial charge in [0.25, 0.3) is 5.91 Å². The fraction of sp³-hybridized carbons (Fsp3) is 0.412. The topological polar surface area (TPSA) is 62.6 Å². The summed E-state index contributed by atoms with van der Waals surface area (Å²) in [4.78, 5) is 25.6. The second-order valence-electron chi connectivity index (χ2n) is 6.34. The minimum atomic E-state index is -0.0709. The molecule has 1 amide bonds. The first-order valence-corrected chi connectivity index (χ1v) is 7.73. The summed E-state index contributed by atoms with van der Waals surface area (Å²) in [5.74, 6) is 0.935. The fourth-order valence-corrected chi connectivity index (χ4v) is 3.68. The summed E-state index contributed by atoms with van der Waals surface area (Å²) >= 11 is 0. The molecule has 0 saturated carbocycles. The van der Waals surface area contributed by atoms with E-state index in [9.17, 15) is 9.59 Å². The van der Waals surface area contributed by atoms with Crippen LogP contribution in [0.15, 0.2) is 28.7 Å². The third-order valence-electron chi connectivity index (χ3n) is 4.72. The predicted molar refractivity (Wildman–Crippen MR) is 82.0 cm³/mol. The molecule has 1 aromatic heterocycles. The van der Waals surface area contributed by atoms with Gasteiger partial charge in [-0.3, -0.25) is 9.59 Å². The molecule has 4 rings (SSSR count). The molecule has 1 N–H and O–H groups in total. The van der Waals surface area contributed by atoms with Crippen LogP contribution < -0.4 is 5.32 Å². The quantitative estimate of drug-likeness (QED) is 0.881. The zero-order valence-electron chi connectivity index (χ0n) is 12.2. The van der Waals surface area contributed by atoms with E-state index in [1.54, 1.807) is 18.2 Å². The molecule has 1 aromatic carbocycles. The second-order valence-corrected chi connectivity index (χ2v) is 6.34. The molecule has 0 aliphatic carbocycles. The Morgan fingerprint density at radius 3 is 3.05 bits per heavy atom. The average molecular weight is 298 g/mol. The normalized spacial score (nSPS) is 27.0. The summed E-state index contributed by atoms with van der Waals surface area (Å²) in [6.07, 6.45) is 2.99. The first kappa shape index (κ1) is 13.5. The molecule has 2 saturated heterocycles. The lowest BCUT2D eigenvalue weighted by molar-refractivity contribution is 0.0909. The highest BCUT2D eigenvalue weighted by molar-refractivity contribution is 5.98. The number of hydrogen-bond donors (Lipinski definition) is 1. The van der Waals surface area contributed by atoms with Crippen LogP contribution in [-0.2, 0) is 0 Å². The van der Waals surface area contributed by atoms with Gasteiger partial charge in [0, 0.05) is 30.1 Å². The van der Waals surface area contributed by atoms with Gasteiger partial charge in [0.2, 0.25) is 0 Å². The number of carbonyl (C=O) groups excluding carboxylic acids is 2. The van der Waals surface area contributed by atoms with Crippen molar-refractivity contribution >= 4 is 23.2 Å². The molecule has 2 aliphatic rings. The molecule has 114 valence electrons. The average Bonchev–Trinajstić information content (AvgIpc) is 3.09. The summed E-state index contributed by atoms with van der Waals surface area (Å²) < 4.78 is 5.39. The summed E-state index contributed by atoms with van der Waals surface area (Å²) in [5, 5.41) is 3.96. The Kier molecular flexibility index (Phi) is 3.22. The van der Waals surface area contributed by atoms with Crippen molar-refractivity contribution in [1.29, 1.82) is 0 Å². The zero-order chi connectivity index (χ0) is 15.1. The van der Waals surface area contributed by atoms with E-state index in [0.717, 1.165) is 30.8 Å². The van der Waals surface area contributed by atoms with E-state index in [0.29, 0.717) is 17.4 Å². The van der Waals surface area contributed by atoms with Gasteiger partial charge < -0.3 is 14.6 Å². The highest BCUT2D eigenvalue weighted by atomic mass is 16.3. The summed E-state index contributed by atoms with van der Waals surface area (Å²) in [6.45, 7) is 3.28.